The van der Waals surface area contributed by atoms with Crippen LogP contribution in [0.4, 0.5) is 0 Å². The summed E-state index contributed by atoms with van der Waals surface area (Å²) in [6.45, 7) is 1.06. The molecule has 4 aromatic carbocycles. The van der Waals surface area contributed by atoms with Gasteiger partial charge in [0.05, 0.1) is 13.2 Å². The summed E-state index contributed by atoms with van der Waals surface area (Å²) in [5, 5.41) is 1.23. The molecule has 0 saturated carbocycles. The average Bonchev–Trinajstić information content (AvgIpc) is 2.84. The minimum Gasteiger partial charge on any atom is -0.490 e. The van der Waals surface area contributed by atoms with Crippen molar-refractivity contribution in [2.24, 2.45) is 0 Å². The molecule has 0 radical (unpaired) electrons. The van der Waals surface area contributed by atoms with E-state index in [0.29, 0.717) is 40.5 Å². The molecule has 0 bridgehead atoms. The Morgan fingerprint density at radius 1 is 0.485 bits per heavy atom. The molecule has 0 heterocycles. The number of ether oxygens (including phenoxy) is 1. The molecule has 0 N–H and O–H groups in total. The molecule has 0 aliphatic rings. The van der Waals surface area contributed by atoms with E-state index in [1.165, 1.54) is 0 Å². The number of rotatable bonds is 10. The van der Waals surface area contributed by atoms with Crippen molar-refractivity contribution in [2.75, 3.05) is 0 Å². The zero-order valence-electron chi connectivity index (χ0n) is 17.7. The Hall–Kier alpha value is -3.12. The Morgan fingerprint density at radius 3 is 1.33 bits per heavy atom. The van der Waals surface area contributed by atoms with Gasteiger partial charge in [0.25, 0.3) is 0 Å². The van der Waals surface area contributed by atoms with Gasteiger partial charge in [0.1, 0.15) is 17.2 Å². The van der Waals surface area contributed by atoms with Crippen molar-refractivity contribution >= 4 is 30.5 Å². The highest BCUT2D eigenvalue weighted by molar-refractivity contribution is 6.39. The predicted octanol–water partition coefficient (Wildman–Crippen LogP) is 7.23. The SMILES string of the molecule is Clc1ccc(OB(Oc2ccc(Cl)cc2)Oc2ccc(COCc3ccccc3)cc2)cc1. The summed E-state index contributed by atoms with van der Waals surface area (Å²) in [5.74, 6) is 1.71. The quantitative estimate of drug-likeness (QED) is 0.225. The van der Waals surface area contributed by atoms with Crippen molar-refractivity contribution in [1.29, 1.82) is 0 Å². The minimum atomic E-state index is -1.02. The topological polar surface area (TPSA) is 36.9 Å². The van der Waals surface area contributed by atoms with E-state index in [2.05, 4.69) is 0 Å². The van der Waals surface area contributed by atoms with E-state index in [1.807, 2.05) is 54.6 Å². The molecular formula is C26H21BCl2O4. The van der Waals surface area contributed by atoms with Crippen molar-refractivity contribution in [3.8, 4) is 17.2 Å². The first kappa shape index (κ1) is 23.1. The van der Waals surface area contributed by atoms with Crippen molar-refractivity contribution in [3.05, 3.63) is 124 Å². The molecule has 0 aromatic heterocycles. The lowest BCUT2D eigenvalue weighted by molar-refractivity contribution is 0.107. The normalized spacial score (nSPS) is 10.5. The lowest BCUT2D eigenvalue weighted by atomic mass is 10.1. The van der Waals surface area contributed by atoms with Crippen molar-refractivity contribution in [2.45, 2.75) is 13.2 Å². The Bertz CT molecular complexity index is 1070. The average molecular weight is 479 g/mol. The van der Waals surface area contributed by atoms with Crippen LogP contribution in [-0.4, -0.2) is 7.32 Å². The second kappa shape index (κ2) is 11.7. The van der Waals surface area contributed by atoms with Crippen molar-refractivity contribution in [1.82, 2.24) is 0 Å². The summed E-state index contributed by atoms with van der Waals surface area (Å²) < 4.78 is 23.5. The van der Waals surface area contributed by atoms with Gasteiger partial charge in [-0.2, -0.15) is 0 Å². The van der Waals surface area contributed by atoms with Crippen LogP contribution < -0.4 is 14.0 Å². The summed E-state index contributed by atoms with van der Waals surface area (Å²) in [6.07, 6.45) is 0. The van der Waals surface area contributed by atoms with Crippen LogP contribution in [-0.2, 0) is 18.0 Å². The number of halogens is 2. The summed E-state index contributed by atoms with van der Waals surface area (Å²) in [7, 11) is -1.02. The Morgan fingerprint density at radius 2 is 0.879 bits per heavy atom. The van der Waals surface area contributed by atoms with E-state index in [0.717, 1.165) is 11.1 Å². The molecule has 0 spiro atoms. The minimum absolute atomic E-state index is 0.501. The van der Waals surface area contributed by atoms with Gasteiger partial charge in [0.2, 0.25) is 0 Å². The molecule has 4 nitrogen and oxygen atoms in total. The molecule has 0 aliphatic carbocycles. The molecule has 0 atom stereocenters. The van der Waals surface area contributed by atoms with Crippen LogP contribution in [0.2, 0.25) is 10.0 Å². The second-order valence-electron chi connectivity index (χ2n) is 7.17. The molecule has 0 unspecified atom stereocenters. The first-order chi connectivity index (χ1) is 16.1. The smallest absolute Gasteiger partial charge is 0.490 e. The van der Waals surface area contributed by atoms with E-state index >= 15 is 0 Å². The highest BCUT2D eigenvalue weighted by Crippen LogP contribution is 2.22. The van der Waals surface area contributed by atoms with E-state index in [-0.39, 0.29) is 0 Å². The number of hydrogen-bond donors (Lipinski definition) is 0. The maximum absolute atomic E-state index is 5.97. The highest BCUT2D eigenvalue weighted by atomic mass is 35.5. The second-order valence-corrected chi connectivity index (χ2v) is 8.05. The molecule has 0 amide bonds. The molecule has 166 valence electrons. The molecule has 4 aromatic rings. The largest absolute Gasteiger partial charge is 0.864 e. The van der Waals surface area contributed by atoms with Gasteiger partial charge < -0.3 is 18.7 Å². The summed E-state index contributed by atoms with van der Waals surface area (Å²) in [5.41, 5.74) is 2.17. The van der Waals surface area contributed by atoms with Crippen LogP contribution in [0.15, 0.2) is 103 Å². The molecular weight excluding hydrogens is 458 g/mol. The first-order valence-electron chi connectivity index (χ1n) is 10.4. The molecule has 0 fully saturated rings. The molecule has 4 rings (SSSR count). The van der Waals surface area contributed by atoms with Crippen LogP contribution in [0, 0.1) is 0 Å². The van der Waals surface area contributed by atoms with Crippen molar-refractivity contribution < 1.29 is 18.7 Å². The van der Waals surface area contributed by atoms with Gasteiger partial charge in [-0.1, -0.05) is 65.7 Å². The van der Waals surface area contributed by atoms with E-state index in [9.17, 15) is 0 Å². The Kier molecular flexibility index (Phi) is 8.15. The summed E-state index contributed by atoms with van der Waals surface area (Å²) in [6, 6.07) is 31.6. The fourth-order valence-corrected chi connectivity index (χ4v) is 3.21. The van der Waals surface area contributed by atoms with Gasteiger partial charge in [0.15, 0.2) is 0 Å². The zero-order chi connectivity index (χ0) is 22.9. The lowest BCUT2D eigenvalue weighted by Gasteiger charge is -2.17. The van der Waals surface area contributed by atoms with Crippen LogP contribution in [0.25, 0.3) is 0 Å². The maximum atomic E-state index is 5.97. The fraction of sp³-hybridized carbons (Fsp3) is 0.0769. The molecule has 33 heavy (non-hydrogen) atoms. The zero-order valence-corrected chi connectivity index (χ0v) is 19.2. The van der Waals surface area contributed by atoms with E-state index in [1.54, 1.807) is 48.5 Å². The van der Waals surface area contributed by atoms with Gasteiger partial charge >= 0.3 is 7.32 Å². The van der Waals surface area contributed by atoms with Crippen LogP contribution in [0.3, 0.4) is 0 Å². The highest BCUT2D eigenvalue weighted by Gasteiger charge is 2.30. The number of hydrogen-bond acceptors (Lipinski definition) is 4. The van der Waals surface area contributed by atoms with E-state index < -0.39 is 7.32 Å². The summed E-state index contributed by atoms with van der Waals surface area (Å²) in [4.78, 5) is 0. The Balaban J connectivity index is 1.38. The fourth-order valence-electron chi connectivity index (χ4n) is 2.96. The number of benzene rings is 4. The first-order valence-corrected chi connectivity index (χ1v) is 11.1. The maximum Gasteiger partial charge on any atom is 0.864 e. The third-order valence-electron chi connectivity index (χ3n) is 4.63. The van der Waals surface area contributed by atoms with Gasteiger partial charge in [-0.05, 0) is 71.8 Å². The standard InChI is InChI=1S/C26H21BCl2O4/c28-22-8-14-25(15-9-22)32-27(33-26-16-10-23(29)11-17-26)31-24-12-6-21(7-13-24)19-30-18-20-4-2-1-3-5-20/h1-17H,18-19H2. The lowest BCUT2D eigenvalue weighted by Crippen LogP contribution is -2.36. The third kappa shape index (κ3) is 7.46. The molecule has 0 aliphatic heterocycles. The van der Waals surface area contributed by atoms with E-state index in [4.69, 9.17) is 41.9 Å². The van der Waals surface area contributed by atoms with Gasteiger partial charge in [-0.25, -0.2) is 0 Å². The Labute approximate surface area is 203 Å². The monoisotopic (exact) mass is 478 g/mol. The van der Waals surface area contributed by atoms with Crippen LogP contribution in [0.1, 0.15) is 11.1 Å². The van der Waals surface area contributed by atoms with Crippen LogP contribution >= 0.6 is 23.2 Å². The predicted molar refractivity (Wildman–Crippen MR) is 132 cm³/mol. The van der Waals surface area contributed by atoms with Gasteiger partial charge in [0, 0.05) is 10.0 Å². The van der Waals surface area contributed by atoms with Crippen molar-refractivity contribution in [3.63, 3.8) is 0 Å². The third-order valence-corrected chi connectivity index (χ3v) is 5.13. The molecule has 7 heteroatoms. The van der Waals surface area contributed by atoms with Gasteiger partial charge in [-0.15, -0.1) is 0 Å². The van der Waals surface area contributed by atoms with Gasteiger partial charge in [-0.3, -0.25) is 0 Å². The van der Waals surface area contributed by atoms with Crippen LogP contribution in [0.5, 0.6) is 17.2 Å². The summed E-state index contributed by atoms with van der Waals surface area (Å²) >= 11 is 11.9. The molecule has 0 saturated heterocycles.